The number of aromatic hydroxyl groups is 4. The van der Waals surface area contributed by atoms with Gasteiger partial charge in [-0.25, -0.2) is 14.4 Å². The van der Waals surface area contributed by atoms with E-state index in [1.165, 1.54) is 25.1 Å². The Morgan fingerprint density at radius 3 is 1.32 bits per heavy atom. The van der Waals surface area contributed by atoms with Gasteiger partial charge in [-0.1, -0.05) is 12.1 Å². The maximum absolute atomic E-state index is 12.5. The van der Waals surface area contributed by atoms with E-state index < -0.39 is 29.6 Å². The van der Waals surface area contributed by atoms with Crippen LogP contribution in [0.5, 0.6) is 23.0 Å². The van der Waals surface area contributed by atoms with E-state index in [1.54, 1.807) is 26.0 Å². The Bertz CT molecular complexity index is 1380. The summed E-state index contributed by atoms with van der Waals surface area (Å²) in [5.74, 6) is -4.94. The summed E-state index contributed by atoms with van der Waals surface area (Å²) >= 11 is 0. The molecule has 0 aliphatic heterocycles. The Kier molecular flexibility index (Phi) is 7.85. The summed E-state index contributed by atoms with van der Waals surface area (Å²) in [5, 5.41) is 42.7. The predicted molar refractivity (Wildman–Crippen MR) is 135 cm³/mol. The van der Waals surface area contributed by atoms with Crippen LogP contribution in [0.3, 0.4) is 0 Å². The highest BCUT2D eigenvalue weighted by Gasteiger charge is 2.30. The van der Waals surface area contributed by atoms with E-state index in [-0.39, 0.29) is 45.1 Å². The summed E-state index contributed by atoms with van der Waals surface area (Å²) in [7, 11) is 3.45. The van der Waals surface area contributed by atoms with Crippen LogP contribution >= 0.6 is 0 Å². The maximum atomic E-state index is 12.5. The van der Waals surface area contributed by atoms with Crippen molar-refractivity contribution in [1.82, 2.24) is 0 Å². The number of rotatable bonds is 6. The zero-order valence-electron chi connectivity index (χ0n) is 21.7. The lowest BCUT2D eigenvalue weighted by atomic mass is 9.80. The van der Waals surface area contributed by atoms with Crippen LogP contribution in [-0.4, -0.2) is 59.7 Å². The molecule has 4 N–H and O–H groups in total. The summed E-state index contributed by atoms with van der Waals surface area (Å²) in [6, 6.07) is 7.09. The van der Waals surface area contributed by atoms with Crippen LogP contribution in [-0.2, 0) is 14.2 Å². The first-order valence-electron chi connectivity index (χ1n) is 11.3. The summed E-state index contributed by atoms with van der Waals surface area (Å²) in [6.45, 7) is 4.53. The number of ether oxygens (including phenoxy) is 3. The molecule has 10 heteroatoms. The van der Waals surface area contributed by atoms with Crippen molar-refractivity contribution in [2.75, 3.05) is 21.3 Å². The Hall–Kier alpha value is -4.73. The van der Waals surface area contributed by atoms with Gasteiger partial charge < -0.3 is 34.6 Å². The number of hydrogen-bond acceptors (Lipinski definition) is 10. The zero-order chi connectivity index (χ0) is 28.5. The Morgan fingerprint density at radius 1 is 0.579 bits per heavy atom. The van der Waals surface area contributed by atoms with Crippen molar-refractivity contribution in [2.24, 2.45) is 0 Å². The third kappa shape index (κ3) is 4.80. The molecule has 0 aromatic heterocycles. The molecule has 0 radical (unpaired) electrons. The molecular formula is C28H28O10. The van der Waals surface area contributed by atoms with E-state index in [0.29, 0.717) is 22.3 Å². The van der Waals surface area contributed by atoms with Gasteiger partial charge in [0.1, 0.15) is 39.7 Å². The van der Waals surface area contributed by atoms with Crippen LogP contribution in [0.2, 0.25) is 0 Å². The van der Waals surface area contributed by atoms with E-state index >= 15 is 0 Å². The molecule has 0 fully saturated rings. The largest absolute Gasteiger partial charge is 0.507 e. The van der Waals surface area contributed by atoms with Crippen molar-refractivity contribution in [1.29, 1.82) is 0 Å². The number of aryl methyl sites for hydroxylation is 2. The normalized spacial score (nSPS) is 10.8. The first kappa shape index (κ1) is 27.9. The van der Waals surface area contributed by atoms with Crippen molar-refractivity contribution in [3.8, 4) is 23.0 Å². The van der Waals surface area contributed by atoms with Gasteiger partial charge in [0.25, 0.3) is 0 Å². The van der Waals surface area contributed by atoms with Crippen LogP contribution < -0.4 is 0 Å². The van der Waals surface area contributed by atoms with E-state index in [1.807, 2.05) is 0 Å². The molecular weight excluding hydrogens is 496 g/mol. The monoisotopic (exact) mass is 524 g/mol. The van der Waals surface area contributed by atoms with Crippen LogP contribution in [0.25, 0.3) is 0 Å². The number of phenolic OH excluding ortho intramolecular Hbond substituents is 4. The van der Waals surface area contributed by atoms with Gasteiger partial charge in [0, 0.05) is 17.0 Å². The molecule has 0 saturated heterocycles. The first-order chi connectivity index (χ1) is 17.9. The molecule has 0 spiro atoms. The SMILES string of the molecule is COC(=O)c1cc(C(c2cc(C)c(O)c(C(=O)OC)c2)c2cc(C(=O)OC)c(O)c(C)c2O)cc(C)c1O. The summed E-state index contributed by atoms with van der Waals surface area (Å²) in [5.41, 5.74) is 0.895. The number of carbonyl (C=O) groups excluding carboxylic acids is 3. The predicted octanol–water partition coefficient (Wildman–Crippen LogP) is 3.97. The second-order valence-electron chi connectivity index (χ2n) is 8.71. The fourth-order valence-electron chi connectivity index (χ4n) is 4.34. The minimum absolute atomic E-state index is 0.0136. The lowest BCUT2D eigenvalue weighted by molar-refractivity contribution is 0.0588. The van der Waals surface area contributed by atoms with E-state index in [2.05, 4.69) is 0 Å². The van der Waals surface area contributed by atoms with Gasteiger partial charge >= 0.3 is 17.9 Å². The van der Waals surface area contributed by atoms with Gasteiger partial charge in [-0.2, -0.15) is 0 Å². The number of hydrogen-bond donors (Lipinski definition) is 4. The second-order valence-corrected chi connectivity index (χ2v) is 8.71. The summed E-state index contributed by atoms with van der Waals surface area (Å²) in [6.07, 6.45) is 0. The third-order valence-electron chi connectivity index (χ3n) is 6.38. The van der Waals surface area contributed by atoms with Gasteiger partial charge in [-0.05, 0) is 61.2 Å². The van der Waals surface area contributed by atoms with E-state index in [4.69, 9.17) is 14.2 Å². The number of carbonyl (C=O) groups is 3. The molecule has 0 saturated carbocycles. The fraction of sp³-hybridized carbons (Fsp3) is 0.250. The molecule has 0 atom stereocenters. The molecule has 38 heavy (non-hydrogen) atoms. The van der Waals surface area contributed by atoms with Gasteiger partial charge in [-0.15, -0.1) is 0 Å². The molecule has 0 aliphatic carbocycles. The van der Waals surface area contributed by atoms with Gasteiger partial charge in [0.15, 0.2) is 0 Å². The first-order valence-corrected chi connectivity index (χ1v) is 11.3. The fourth-order valence-corrected chi connectivity index (χ4v) is 4.34. The lowest BCUT2D eigenvalue weighted by Crippen LogP contribution is -2.12. The van der Waals surface area contributed by atoms with E-state index in [9.17, 15) is 34.8 Å². The van der Waals surface area contributed by atoms with Crippen molar-refractivity contribution >= 4 is 17.9 Å². The standard InChI is InChI=1S/C28H28O10/c1-12-7-15(9-18(22(12)29)26(33)36-4)21(16-8-13(2)23(30)19(10-16)27(34)37-5)17-11-20(28(35)38-6)25(32)14(3)24(17)31/h7-11,21,29-32H,1-6H3. The molecule has 200 valence electrons. The van der Waals surface area contributed by atoms with Crippen molar-refractivity contribution in [2.45, 2.75) is 26.7 Å². The van der Waals surface area contributed by atoms with Crippen molar-refractivity contribution < 1.29 is 49.0 Å². The molecule has 0 heterocycles. The maximum Gasteiger partial charge on any atom is 0.341 e. The summed E-state index contributed by atoms with van der Waals surface area (Å²) < 4.78 is 14.4. The Morgan fingerprint density at radius 2 is 0.947 bits per heavy atom. The van der Waals surface area contributed by atoms with Crippen molar-refractivity contribution in [3.63, 3.8) is 0 Å². The number of esters is 3. The molecule has 10 nitrogen and oxygen atoms in total. The van der Waals surface area contributed by atoms with Crippen LogP contribution in [0.4, 0.5) is 0 Å². The molecule has 0 unspecified atom stereocenters. The molecule has 0 amide bonds. The molecule has 3 aromatic rings. The number of methoxy groups -OCH3 is 3. The highest BCUT2D eigenvalue weighted by atomic mass is 16.5. The van der Waals surface area contributed by atoms with Crippen LogP contribution in [0.1, 0.15) is 70.4 Å². The highest BCUT2D eigenvalue weighted by molar-refractivity contribution is 5.95. The molecule has 0 aliphatic rings. The minimum Gasteiger partial charge on any atom is -0.507 e. The summed E-state index contributed by atoms with van der Waals surface area (Å²) in [4.78, 5) is 37.3. The zero-order valence-corrected chi connectivity index (χ0v) is 21.7. The topological polar surface area (TPSA) is 160 Å². The second kappa shape index (κ2) is 10.7. The smallest absolute Gasteiger partial charge is 0.341 e. The van der Waals surface area contributed by atoms with E-state index in [0.717, 1.165) is 21.3 Å². The van der Waals surface area contributed by atoms with Gasteiger partial charge in [-0.3, -0.25) is 0 Å². The van der Waals surface area contributed by atoms with Crippen LogP contribution in [0.15, 0.2) is 30.3 Å². The van der Waals surface area contributed by atoms with Crippen LogP contribution in [0, 0.1) is 20.8 Å². The highest BCUT2D eigenvalue weighted by Crippen LogP contribution is 2.45. The molecule has 3 rings (SSSR count). The lowest BCUT2D eigenvalue weighted by Gasteiger charge is -2.24. The van der Waals surface area contributed by atoms with Gasteiger partial charge in [0.2, 0.25) is 0 Å². The molecule has 3 aromatic carbocycles. The average Bonchev–Trinajstić information content (AvgIpc) is 2.90. The quantitative estimate of drug-likeness (QED) is 0.211. The Balaban J connectivity index is 2.50. The average molecular weight is 525 g/mol. The van der Waals surface area contributed by atoms with Crippen molar-refractivity contribution in [3.05, 3.63) is 80.4 Å². The minimum atomic E-state index is -0.983. The third-order valence-corrected chi connectivity index (χ3v) is 6.38. The number of benzene rings is 3. The molecule has 0 bridgehead atoms. The Labute approximate surface area is 218 Å². The van der Waals surface area contributed by atoms with Gasteiger partial charge in [0.05, 0.1) is 21.3 Å². The number of phenols is 4.